The topological polar surface area (TPSA) is 41.6 Å². The van der Waals surface area contributed by atoms with Gasteiger partial charge in [-0.1, -0.05) is 37.8 Å². The van der Waals surface area contributed by atoms with Gasteiger partial charge in [-0.15, -0.1) is 0 Å². The molecule has 1 N–H and O–H groups in total. The van der Waals surface area contributed by atoms with Crippen molar-refractivity contribution in [2.24, 2.45) is 0 Å². The second-order valence-corrected chi connectivity index (χ2v) is 6.84. The third-order valence-corrected chi connectivity index (χ3v) is 5.25. The molecule has 0 radical (unpaired) electrons. The molecule has 0 spiro atoms. The predicted octanol–water partition coefficient (Wildman–Crippen LogP) is 3.92. The summed E-state index contributed by atoms with van der Waals surface area (Å²) in [5.41, 5.74) is 1.30. The van der Waals surface area contributed by atoms with Crippen LogP contribution < -0.4 is 10.1 Å². The Kier molecular flexibility index (Phi) is 5.42. The van der Waals surface area contributed by atoms with Crippen molar-refractivity contribution in [3.05, 3.63) is 29.8 Å². The van der Waals surface area contributed by atoms with Crippen LogP contribution >= 0.6 is 0 Å². The number of ether oxygens (including phenoxy) is 1. The van der Waals surface area contributed by atoms with E-state index in [1.807, 2.05) is 17.0 Å². The van der Waals surface area contributed by atoms with Gasteiger partial charge in [-0.2, -0.15) is 0 Å². The fourth-order valence-corrected chi connectivity index (χ4v) is 3.78. The third kappa shape index (κ3) is 4.18. The summed E-state index contributed by atoms with van der Waals surface area (Å²) in [6.07, 6.45) is 8.46. The molecule has 1 aliphatic heterocycles. The second kappa shape index (κ2) is 7.71. The number of nitrogens with one attached hydrogen (secondary N) is 1. The largest absolute Gasteiger partial charge is 0.497 e. The van der Waals surface area contributed by atoms with Gasteiger partial charge in [0.1, 0.15) is 5.75 Å². The molecule has 23 heavy (non-hydrogen) atoms. The van der Waals surface area contributed by atoms with Gasteiger partial charge in [-0.05, 0) is 37.0 Å². The number of likely N-dealkylation sites (tertiary alicyclic amines) is 1. The van der Waals surface area contributed by atoms with E-state index < -0.39 is 0 Å². The molecular formula is C19H28N2O2. The summed E-state index contributed by atoms with van der Waals surface area (Å²) in [5, 5.41) is 3.26. The average Bonchev–Trinajstić information content (AvgIpc) is 2.94. The fraction of sp³-hybridized carbons (Fsp3) is 0.632. The lowest BCUT2D eigenvalue weighted by atomic mass is 9.98. The number of rotatable bonds is 3. The highest BCUT2D eigenvalue weighted by molar-refractivity contribution is 5.75. The van der Waals surface area contributed by atoms with E-state index in [4.69, 9.17) is 4.74 Å². The maximum atomic E-state index is 12.5. The lowest BCUT2D eigenvalue weighted by Gasteiger charge is -2.22. The Morgan fingerprint density at radius 2 is 1.78 bits per heavy atom. The lowest BCUT2D eigenvalue weighted by molar-refractivity contribution is 0.202. The molecule has 3 rings (SSSR count). The molecular weight excluding hydrogens is 288 g/mol. The van der Waals surface area contributed by atoms with Gasteiger partial charge in [0.2, 0.25) is 0 Å². The highest BCUT2D eigenvalue weighted by Crippen LogP contribution is 2.28. The fourth-order valence-electron chi connectivity index (χ4n) is 3.78. The number of methoxy groups -OCH3 is 1. The van der Waals surface area contributed by atoms with E-state index in [1.165, 1.54) is 31.2 Å². The van der Waals surface area contributed by atoms with E-state index >= 15 is 0 Å². The summed E-state index contributed by atoms with van der Waals surface area (Å²) in [4.78, 5) is 14.5. The molecule has 4 heteroatoms. The molecule has 1 heterocycles. The summed E-state index contributed by atoms with van der Waals surface area (Å²) < 4.78 is 5.21. The van der Waals surface area contributed by atoms with Crippen LogP contribution in [0.4, 0.5) is 4.79 Å². The maximum Gasteiger partial charge on any atom is 0.317 e. The zero-order chi connectivity index (χ0) is 16.1. The number of hydrogen-bond donors (Lipinski definition) is 1. The summed E-state index contributed by atoms with van der Waals surface area (Å²) in [5.74, 6) is 1.33. The first-order chi connectivity index (χ1) is 11.3. The molecule has 0 bridgehead atoms. The van der Waals surface area contributed by atoms with Crippen LogP contribution in [0.1, 0.15) is 56.4 Å². The van der Waals surface area contributed by atoms with Crippen LogP contribution in [0.2, 0.25) is 0 Å². The van der Waals surface area contributed by atoms with Crippen molar-refractivity contribution in [3.8, 4) is 5.75 Å². The molecule has 1 aromatic rings. The molecule has 0 aromatic heterocycles. The average molecular weight is 316 g/mol. The molecule has 126 valence electrons. The van der Waals surface area contributed by atoms with Crippen molar-refractivity contribution < 1.29 is 9.53 Å². The van der Waals surface area contributed by atoms with Crippen molar-refractivity contribution in [3.63, 3.8) is 0 Å². The van der Waals surface area contributed by atoms with Crippen molar-refractivity contribution in [2.75, 3.05) is 20.2 Å². The third-order valence-electron chi connectivity index (χ3n) is 5.25. The summed E-state index contributed by atoms with van der Waals surface area (Å²) in [6.45, 7) is 1.68. The van der Waals surface area contributed by atoms with Crippen LogP contribution in [0.25, 0.3) is 0 Å². The molecule has 1 saturated carbocycles. The Bertz CT molecular complexity index is 507. The highest BCUT2D eigenvalue weighted by Gasteiger charge is 2.28. The number of nitrogens with zero attached hydrogens (tertiary/aromatic N) is 1. The Morgan fingerprint density at radius 1 is 1.09 bits per heavy atom. The van der Waals surface area contributed by atoms with Gasteiger partial charge < -0.3 is 15.0 Å². The molecule has 1 atom stereocenters. The number of hydrogen-bond acceptors (Lipinski definition) is 2. The lowest BCUT2D eigenvalue weighted by Crippen LogP contribution is -2.43. The van der Waals surface area contributed by atoms with Crippen molar-refractivity contribution >= 4 is 6.03 Å². The molecule has 2 aliphatic rings. The van der Waals surface area contributed by atoms with Crippen LogP contribution in [-0.2, 0) is 0 Å². The van der Waals surface area contributed by atoms with E-state index in [-0.39, 0.29) is 6.03 Å². The van der Waals surface area contributed by atoms with Gasteiger partial charge in [-0.3, -0.25) is 0 Å². The van der Waals surface area contributed by atoms with Crippen LogP contribution in [0.3, 0.4) is 0 Å². The van der Waals surface area contributed by atoms with Crippen LogP contribution in [0, 0.1) is 0 Å². The van der Waals surface area contributed by atoms with Gasteiger partial charge >= 0.3 is 6.03 Å². The molecule has 2 fully saturated rings. The van der Waals surface area contributed by atoms with E-state index in [1.54, 1.807) is 7.11 Å². The Hall–Kier alpha value is -1.71. The number of urea groups is 1. The minimum atomic E-state index is 0.132. The van der Waals surface area contributed by atoms with Crippen LogP contribution in [0.15, 0.2) is 24.3 Å². The SMILES string of the molecule is COc1ccc([C@H]2CCN(C(=O)NC3CCCCCC3)C2)cc1. The first-order valence-electron chi connectivity index (χ1n) is 8.95. The standard InChI is InChI=1S/C19H28N2O2/c1-23-18-10-8-15(9-11-18)16-12-13-21(14-16)19(22)20-17-6-4-2-3-5-7-17/h8-11,16-17H,2-7,12-14H2,1H3,(H,20,22)/t16-/m0/s1. The quantitative estimate of drug-likeness (QED) is 0.859. The van der Waals surface area contributed by atoms with E-state index in [0.29, 0.717) is 12.0 Å². The number of carbonyl (C=O) groups is 1. The zero-order valence-corrected chi connectivity index (χ0v) is 14.1. The minimum absolute atomic E-state index is 0.132. The number of carbonyl (C=O) groups excluding carboxylic acids is 1. The molecule has 1 saturated heterocycles. The smallest absolute Gasteiger partial charge is 0.317 e. The number of benzene rings is 1. The zero-order valence-electron chi connectivity index (χ0n) is 14.1. The van der Waals surface area contributed by atoms with Gasteiger partial charge in [0, 0.05) is 25.0 Å². The summed E-state index contributed by atoms with van der Waals surface area (Å²) >= 11 is 0. The van der Waals surface area contributed by atoms with Gasteiger partial charge in [0.15, 0.2) is 0 Å². The Morgan fingerprint density at radius 3 is 2.43 bits per heavy atom. The van der Waals surface area contributed by atoms with E-state index in [0.717, 1.165) is 38.1 Å². The molecule has 0 unspecified atom stereocenters. The highest BCUT2D eigenvalue weighted by atomic mass is 16.5. The van der Waals surface area contributed by atoms with Crippen LogP contribution in [0.5, 0.6) is 5.75 Å². The Balaban J connectivity index is 1.52. The van der Waals surface area contributed by atoms with Crippen LogP contribution in [-0.4, -0.2) is 37.2 Å². The van der Waals surface area contributed by atoms with Crippen molar-refractivity contribution in [1.29, 1.82) is 0 Å². The maximum absolute atomic E-state index is 12.5. The van der Waals surface area contributed by atoms with Gasteiger partial charge in [0.25, 0.3) is 0 Å². The van der Waals surface area contributed by atoms with Crippen molar-refractivity contribution in [2.45, 2.75) is 56.9 Å². The van der Waals surface area contributed by atoms with Crippen molar-refractivity contribution in [1.82, 2.24) is 10.2 Å². The molecule has 1 aromatic carbocycles. The van der Waals surface area contributed by atoms with E-state index in [2.05, 4.69) is 17.4 Å². The Labute approximate surface area is 139 Å². The summed E-state index contributed by atoms with van der Waals surface area (Å²) in [6, 6.07) is 8.76. The molecule has 1 aliphatic carbocycles. The number of amides is 2. The van der Waals surface area contributed by atoms with Gasteiger partial charge in [0.05, 0.1) is 7.11 Å². The van der Waals surface area contributed by atoms with Gasteiger partial charge in [-0.25, -0.2) is 4.79 Å². The normalized spacial score (nSPS) is 22.7. The first-order valence-corrected chi connectivity index (χ1v) is 8.95. The monoisotopic (exact) mass is 316 g/mol. The predicted molar refractivity (Wildman–Crippen MR) is 91.9 cm³/mol. The second-order valence-electron chi connectivity index (χ2n) is 6.84. The first kappa shape index (κ1) is 16.2. The minimum Gasteiger partial charge on any atom is -0.497 e. The van der Waals surface area contributed by atoms with E-state index in [9.17, 15) is 4.79 Å². The molecule has 4 nitrogen and oxygen atoms in total. The molecule has 2 amide bonds. The summed E-state index contributed by atoms with van der Waals surface area (Å²) in [7, 11) is 1.68.